The van der Waals surface area contributed by atoms with Gasteiger partial charge < -0.3 is 10.1 Å². The number of rotatable bonds is 7. The quantitative estimate of drug-likeness (QED) is 0.486. The summed E-state index contributed by atoms with van der Waals surface area (Å²) in [4.78, 5) is 36.2. The van der Waals surface area contributed by atoms with E-state index in [2.05, 4.69) is 5.32 Å². The molecule has 8 nitrogen and oxygen atoms in total. The second kappa shape index (κ2) is 10.2. The Balaban J connectivity index is 1.53. The minimum Gasteiger partial charge on any atom is -0.452 e. The molecule has 3 rings (SSSR count). The van der Waals surface area contributed by atoms with Crippen molar-refractivity contribution in [3.8, 4) is 0 Å². The lowest BCUT2D eigenvalue weighted by Gasteiger charge is -2.30. The number of Topliss-reactive ketones (excluding diaryl/α,β-unsaturated/α-hetero) is 1. The highest BCUT2D eigenvalue weighted by Crippen LogP contribution is 2.25. The van der Waals surface area contributed by atoms with E-state index in [1.54, 1.807) is 0 Å². The highest BCUT2D eigenvalue weighted by molar-refractivity contribution is 7.89. The van der Waals surface area contributed by atoms with E-state index in [-0.39, 0.29) is 36.6 Å². The number of anilines is 1. The number of halogens is 1. The molecule has 0 radical (unpaired) electrons. The normalized spacial score (nSPS) is 16.1. The maximum absolute atomic E-state index is 13.0. The molecule has 1 atom stereocenters. The molecule has 33 heavy (non-hydrogen) atoms. The number of nitrogens with one attached hydrogen (secondary N) is 1. The molecule has 10 heteroatoms. The van der Waals surface area contributed by atoms with Crippen molar-refractivity contribution in [1.29, 1.82) is 0 Å². The van der Waals surface area contributed by atoms with Gasteiger partial charge in [-0.3, -0.25) is 14.4 Å². The number of piperidine rings is 1. The number of amides is 1. The van der Waals surface area contributed by atoms with Crippen molar-refractivity contribution in [2.45, 2.75) is 37.7 Å². The van der Waals surface area contributed by atoms with Gasteiger partial charge in [0.15, 0.2) is 11.9 Å². The Labute approximate surface area is 191 Å². The van der Waals surface area contributed by atoms with Gasteiger partial charge in [-0.25, -0.2) is 12.8 Å². The molecule has 2 aromatic rings. The Kier molecular flexibility index (Phi) is 7.60. The molecule has 0 aliphatic carbocycles. The first-order valence-corrected chi connectivity index (χ1v) is 11.9. The van der Waals surface area contributed by atoms with Gasteiger partial charge in [-0.05, 0) is 63.1 Å². The summed E-state index contributed by atoms with van der Waals surface area (Å²) in [6.45, 7) is 3.10. The highest BCUT2D eigenvalue weighted by atomic mass is 32.2. The van der Waals surface area contributed by atoms with E-state index in [0.29, 0.717) is 11.3 Å². The largest absolute Gasteiger partial charge is 0.452 e. The average molecular weight is 477 g/mol. The number of carbonyl (C=O) groups excluding carboxylic acids is 3. The van der Waals surface area contributed by atoms with Crippen LogP contribution in [-0.2, 0) is 24.3 Å². The summed E-state index contributed by atoms with van der Waals surface area (Å²) in [5, 5.41) is 2.54. The molecule has 176 valence electrons. The van der Waals surface area contributed by atoms with Crippen LogP contribution in [0.2, 0.25) is 0 Å². The van der Waals surface area contributed by atoms with Gasteiger partial charge in [-0.2, -0.15) is 4.31 Å². The number of carbonyl (C=O) groups is 3. The van der Waals surface area contributed by atoms with Crippen LogP contribution in [0.4, 0.5) is 10.1 Å². The van der Waals surface area contributed by atoms with Crippen LogP contribution in [-0.4, -0.2) is 49.6 Å². The summed E-state index contributed by atoms with van der Waals surface area (Å²) in [7, 11) is -3.75. The van der Waals surface area contributed by atoms with E-state index in [4.69, 9.17) is 4.74 Å². The average Bonchev–Trinajstić information content (AvgIpc) is 2.80. The second-order valence-electron chi connectivity index (χ2n) is 7.83. The first kappa shape index (κ1) is 24.5. The molecule has 1 fully saturated rings. The fourth-order valence-corrected chi connectivity index (χ4v) is 4.91. The van der Waals surface area contributed by atoms with Gasteiger partial charge in [0.1, 0.15) is 5.82 Å². The van der Waals surface area contributed by atoms with E-state index in [0.717, 1.165) is 0 Å². The number of ether oxygens (including phenoxy) is 1. The van der Waals surface area contributed by atoms with Crippen LogP contribution < -0.4 is 5.32 Å². The first-order chi connectivity index (χ1) is 15.6. The smallest absolute Gasteiger partial charge is 0.309 e. The minimum atomic E-state index is -3.75. The Bertz CT molecular complexity index is 1120. The second-order valence-corrected chi connectivity index (χ2v) is 9.77. The third kappa shape index (κ3) is 6.02. The zero-order valence-corrected chi connectivity index (χ0v) is 19.1. The van der Waals surface area contributed by atoms with Crippen molar-refractivity contribution >= 4 is 33.4 Å². The molecule has 0 unspecified atom stereocenters. The fraction of sp³-hybridized carbons (Fsp3) is 0.348. The summed E-state index contributed by atoms with van der Waals surface area (Å²) in [6, 6.07) is 10.9. The number of ketones is 1. The molecule has 0 saturated carbocycles. The first-order valence-electron chi connectivity index (χ1n) is 10.5. The van der Waals surface area contributed by atoms with Gasteiger partial charge >= 0.3 is 5.97 Å². The molecule has 1 saturated heterocycles. The van der Waals surface area contributed by atoms with Crippen molar-refractivity contribution in [2.75, 3.05) is 18.4 Å². The van der Waals surface area contributed by atoms with E-state index in [1.807, 2.05) is 0 Å². The van der Waals surface area contributed by atoms with Crippen molar-refractivity contribution < 1.29 is 31.9 Å². The lowest BCUT2D eigenvalue weighted by molar-refractivity contribution is -0.158. The summed E-state index contributed by atoms with van der Waals surface area (Å²) in [6.07, 6.45) is -0.546. The van der Waals surface area contributed by atoms with Crippen LogP contribution in [0.25, 0.3) is 0 Å². The SMILES string of the molecule is CC(=O)c1ccc(S(=O)(=O)N2CCC(C(=O)O[C@H](C)C(=O)Nc3ccc(F)cc3)CC2)cc1. The molecule has 0 spiro atoms. The predicted octanol–water partition coefficient (Wildman–Crippen LogP) is 3.00. The van der Waals surface area contributed by atoms with Crippen LogP contribution in [0.1, 0.15) is 37.0 Å². The highest BCUT2D eigenvalue weighted by Gasteiger charge is 2.34. The lowest BCUT2D eigenvalue weighted by atomic mass is 9.98. The Morgan fingerprint density at radius 3 is 2.15 bits per heavy atom. The molecule has 1 N–H and O–H groups in total. The van der Waals surface area contributed by atoms with Crippen molar-refractivity contribution in [2.24, 2.45) is 5.92 Å². The van der Waals surface area contributed by atoms with Crippen molar-refractivity contribution in [1.82, 2.24) is 4.31 Å². The van der Waals surface area contributed by atoms with Crippen molar-refractivity contribution in [3.63, 3.8) is 0 Å². The van der Waals surface area contributed by atoms with Crippen LogP contribution in [0.3, 0.4) is 0 Å². The molecule has 1 amide bonds. The lowest BCUT2D eigenvalue weighted by Crippen LogP contribution is -2.41. The van der Waals surface area contributed by atoms with Crippen LogP contribution in [0.5, 0.6) is 0 Å². The van der Waals surface area contributed by atoms with Gasteiger partial charge in [-0.15, -0.1) is 0 Å². The number of sulfonamides is 1. The van der Waals surface area contributed by atoms with Crippen LogP contribution >= 0.6 is 0 Å². The molecule has 0 bridgehead atoms. The molecule has 1 heterocycles. The minimum absolute atomic E-state index is 0.0830. The molecule has 2 aromatic carbocycles. The zero-order chi connectivity index (χ0) is 24.2. The van der Waals surface area contributed by atoms with E-state index in [9.17, 15) is 27.2 Å². The third-order valence-electron chi connectivity index (χ3n) is 5.46. The van der Waals surface area contributed by atoms with Crippen molar-refractivity contribution in [3.05, 3.63) is 59.9 Å². The molecule has 1 aliphatic rings. The van der Waals surface area contributed by atoms with E-state index < -0.39 is 39.7 Å². The topological polar surface area (TPSA) is 110 Å². The molecule has 0 aromatic heterocycles. The van der Waals surface area contributed by atoms with Crippen LogP contribution in [0, 0.1) is 11.7 Å². The zero-order valence-electron chi connectivity index (χ0n) is 18.3. The third-order valence-corrected chi connectivity index (χ3v) is 7.37. The molecular weight excluding hydrogens is 451 g/mol. The predicted molar refractivity (Wildman–Crippen MR) is 119 cm³/mol. The number of hydrogen-bond acceptors (Lipinski definition) is 6. The van der Waals surface area contributed by atoms with E-state index in [1.165, 1.54) is 66.7 Å². The number of esters is 1. The maximum atomic E-state index is 13.0. The number of benzene rings is 2. The number of nitrogens with zero attached hydrogens (tertiary/aromatic N) is 1. The van der Waals surface area contributed by atoms with Gasteiger partial charge in [0, 0.05) is 24.3 Å². The Hall–Kier alpha value is -3.11. The monoisotopic (exact) mass is 476 g/mol. The Morgan fingerprint density at radius 2 is 1.61 bits per heavy atom. The standard InChI is InChI=1S/C23H25FN2O6S/c1-15(27)17-3-9-21(10-4-17)33(30,31)26-13-11-18(12-14-26)23(29)32-16(2)22(28)25-20-7-5-19(24)6-8-20/h3-10,16,18H,11-14H2,1-2H3,(H,25,28)/t16-/m1/s1. The fourth-order valence-electron chi connectivity index (χ4n) is 3.44. The summed E-state index contributed by atoms with van der Waals surface area (Å²) < 4.78 is 45.2. The summed E-state index contributed by atoms with van der Waals surface area (Å²) in [5.41, 5.74) is 0.798. The summed E-state index contributed by atoms with van der Waals surface area (Å²) in [5.74, 6) is -2.24. The maximum Gasteiger partial charge on any atom is 0.309 e. The van der Waals surface area contributed by atoms with Gasteiger partial charge in [0.05, 0.1) is 10.8 Å². The Morgan fingerprint density at radius 1 is 1.03 bits per heavy atom. The van der Waals surface area contributed by atoms with Crippen LogP contribution in [0.15, 0.2) is 53.4 Å². The van der Waals surface area contributed by atoms with Gasteiger partial charge in [0.25, 0.3) is 5.91 Å². The number of hydrogen-bond donors (Lipinski definition) is 1. The van der Waals surface area contributed by atoms with Gasteiger partial charge in [-0.1, -0.05) is 12.1 Å². The summed E-state index contributed by atoms with van der Waals surface area (Å²) >= 11 is 0. The molecule has 1 aliphatic heterocycles. The van der Waals surface area contributed by atoms with Gasteiger partial charge in [0.2, 0.25) is 10.0 Å². The molecular formula is C23H25FN2O6S. The van der Waals surface area contributed by atoms with E-state index >= 15 is 0 Å².